The summed E-state index contributed by atoms with van der Waals surface area (Å²) in [4.78, 5) is 17.7. The minimum absolute atomic E-state index is 0.105. The molecule has 4 nitrogen and oxygen atoms in total. The molecule has 0 spiro atoms. The summed E-state index contributed by atoms with van der Waals surface area (Å²) in [5, 5.41) is 4.99. The minimum Gasteiger partial charge on any atom is -0.466 e. The fraction of sp³-hybridized carbons (Fsp3) is 0.300. The number of nitrogens with one attached hydrogen (secondary N) is 1. The van der Waals surface area contributed by atoms with Crippen LogP contribution in [-0.2, 0) is 9.53 Å². The average molecular weight is 392 g/mol. The molecule has 0 unspecified atom stereocenters. The van der Waals surface area contributed by atoms with E-state index in [4.69, 9.17) is 4.74 Å². The van der Waals surface area contributed by atoms with Crippen LogP contribution < -0.4 is 5.32 Å². The smallest absolute Gasteiger partial charge is 0.338 e. The van der Waals surface area contributed by atoms with Crippen LogP contribution in [-0.4, -0.2) is 18.9 Å². The van der Waals surface area contributed by atoms with Crippen molar-refractivity contribution < 1.29 is 18.3 Å². The van der Waals surface area contributed by atoms with E-state index < -0.39 is 23.6 Å². The molecule has 0 amide bonds. The molecule has 1 N–H and O–H groups in total. The van der Waals surface area contributed by atoms with Crippen molar-refractivity contribution in [2.75, 3.05) is 7.11 Å². The van der Waals surface area contributed by atoms with E-state index in [0.717, 1.165) is 6.07 Å². The molecule has 7 heteroatoms. The van der Waals surface area contributed by atoms with Gasteiger partial charge in [0.1, 0.15) is 11.9 Å². The zero-order valence-corrected chi connectivity index (χ0v) is 16.5. The number of aliphatic imine (C=N–C) groups is 1. The number of methoxy groups -OCH3 is 1. The van der Waals surface area contributed by atoms with Crippen LogP contribution in [0.4, 0.5) is 8.78 Å². The summed E-state index contributed by atoms with van der Waals surface area (Å²) < 4.78 is 32.7. The highest BCUT2D eigenvalue weighted by molar-refractivity contribution is 8.06. The first-order valence-electron chi connectivity index (χ1n) is 8.43. The number of allylic oxidation sites excluding steroid dienone is 2. The van der Waals surface area contributed by atoms with Crippen LogP contribution in [0, 0.1) is 18.6 Å². The molecule has 1 atom stereocenters. The Bertz CT molecular complexity index is 860. The van der Waals surface area contributed by atoms with Gasteiger partial charge in [-0.25, -0.2) is 13.6 Å². The molecule has 144 valence electrons. The topological polar surface area (TPSA) is 50.7 Å². The number of ether oxygens (including phenoxy) is 1. The first-order chi connectivity index (χ1) is 12.8. The predicted octanol–water partition coefficient (Wildman–Crippen LogP) is 4.93. The Morgan fingerprint density at radius 1 is 1.44 bits per heavy atom. The van der Waals surface area contributed by atoms with E-state index in [-0.39, 0.29) is 11.1 Å². The maximum absolute atomic E-state index is 14.2. The van der Waals surface area contributed by atoms with Gasteiger partial charge in [-0.15, -0.1) is 0 Å². The number of hydrogen-bond donors (Lipinski definition) is 1. The highest BCUT2D eigenvalue weighted by Gasteiger charge is 2.33. The number of thioether (sulfide) groups is 1. The minimum atomic E-state index is -0.952. The summed E-state index contributed by atoms with van der Waals surface area (Å²) >= 11 is 1.38. The van der Waals surface area contributed by atoms with Crippen LogP contribution in [0.15, 0.2) is 51.4 Å². The highest BCUT2D eigenvalue weighted by Crippen LogP contribution is 2.36. The van der Waals surface area contributed by atoms with E-state index in [1.807, 2.05) is 25.3 Å². The van der Waals surface area contributed by atoms with Gasteiger partial charge in [-0.2, -0.15) is 0 Å². The van der Waals surface area contributed by atoms with Gasteiger partial charge in [-0.3, -0.25) is 4.99 Å². The van der Waals surface area contributed by atoms with E-state index in [1.165, 1.54) is 31.9 Å². The molecule has 1 aromatic carbocycles. The van der Waals surface area contributed by atoms with Crippen molar-refractivity contribution in [1.82, 2.24) is 5.32 Å². The third-order valence-electron chi connectivity index (χ3n) is 4.17. The van der Waals surface area contributed by atoms with E-state index in [0.29, 0.717) is 28.4 Å². The molecule has 1 heterocycles. The van der Waals surface area contributed by atoms with Gasteiger partial charge in [-0.05, 0) is 42.9 Å². The zero-order chi connectivity index (χ0) is 20.1. The van der Waals surface area contributed by atoms with Crippen molar-refractivity contribution in [2.24, 2.45) is 4.99 Å². The molecular formula is C20H22F2N2O2S. The van der Waals surface area contributed by atoms with Gasteiger partial charge in [0.25, 0.3) is 0 Å². The summed E-state index contributed by atoms with van der Waals surface area (Å²) in [5.41, 5.74) is 1.40. The summed E-state index contributed by atoms with van der Waals surface area (Å²) in [6.07, 6.45) is 2.37. The number of nitrogens with zero attached hydrogens (tertiary/aromatic N) is 1. The molecule has 1 aliphatic rings. The Kier molecular flexibility index (Phi) is 6.96. The lowest BCUT2D eigenvalue weighted by atomic mass is 9.91. The van der Waals surface area contributed by atoms with Crippen LogP contribution in [0.3, 0.4) is 0 Å². The number of esters is 1. The monoisotopic (exact) mass is 392 g/mol. The van der Waals surface area contributed by atoms with Crippen molar-refractivity contribution >= 4 is 23.6 Å². The summed E-state index contributed by atoms with van der Waals surface area (Å²) in [6, 6.07) is 1.67. The highest BCUT2D eigenvalue weighted by atomic mass is 32.2. The van der Waals surface area contributed by atoms with E-state index in [1.54, 1.807) is 0 Å². The van der Waals surface area contributed by atoms with Crippen molar-refractivity contribution in [3.05, 3.63) is 69.1 Å². The first kappa shape index (κ1) is 20.9. The SMILES string of the molecule is C=C(S/C=C\C)C1=N[C@@H](c2ccc(F)c(F)c2C)C(C(=O)OC)=C(CC)N1. The van der Waals surface area contributed by atoms with Crippen LogP contribution >= 0.6 is 11.8 Å². The number of carbonyl (C=O) groups excluding carboxylic acids is 1. The maximum Gasteiger partial charge on any atom is 0.338 e. The van der Waals surface area contributed by atoms with Crippen molar-refractivity contribution in [3.63, 3.8) is 0 Å². The van der Waals surface area contributed by atoms with Gasteiger partial charge >= 0.3 is 5.97 Å². The molecule has 0 aromatic heterocycles. The molecule has 0 saturated heterocycles. The van der Waals surface area contributed by atoms with Crippen LogP contribution in [0.2, 0.25) is 0 Å². The Morgan fingerprint density at radius 3 is 2.74 bits per heavy atom. The van der Waals surface area contributed by atoms with E-state index >= 15 is 0 Å². The number of rotatable bonds is 6. The Balaban J connectivity index is 2.64. The van der Waals surface area contributed by atoms with Crippen molar-refractivity contribution in [1.29, 1.82) is 0 Å². The third kappa shape index (κ3) is 4.30. The van der Waals surface area contributed by atoms with Crippen LogP contribution in [0.5, 0.6) is 0 Å². The quantitative estimate of drug-likeness (QED) is 0.697. The third-order valence-corrected chi connectivity index (χ3v) is 5.06. The number of halogens is 2. The normalized spacial score (nSPS) is 17.0. The molecular weight excluding hydrogens is 370 g/mol. The van der Waals surface area contributed by atoms with Gasteiger partial charge in [0, 0.05) is 10.6 Å². The number of benzene rings is 1. The summed E-state index contributed by atoms with van der Waals surface area (Å²) in [7, 11) is 1.28. The fourth-order valence-corrected chi connectivity index (χ4v) is 3.28. The van der Waals surface area contributed by atoms with Gasteiger partial charge in [0.15, 0.2) is 11.6 Å². The van der Waals surface area contributed by atoms with E-state index in [9.17, 15) is 13.6 Å². The second kappa shape index (κ2) is 8.99. The number of carbonyl (C=O) groups is 1. The standard InChI is InChI=1S/C20H22F2N2O2S/c1-6-10-27-12(4)19-23-15(7-2)16(20(25)26-5)18(24-19)13-8-9-14(21)17(22)11(13)3/h6,8-10,18H,4,7H2,1-3,5H3,(H,23,24)/b10-6-/t18-/m0/s1. The Hall–Kier alpha value is -2.41. The van der Waals surface area contributed by atoms with Gasteiger partial charge in [-0.1, -0.05) is 37.4 Å². The zero-order valence-electron chi connectivity index (χ0n) is 15.7. The molecule has 0 radical (unpaired) electrons. The lowest BCUT2D eigenvalue weighted by molar-refractivity contribution is -0.136. The first-order valence-corrected chi connectivity index (χ1v) is 9.31. The second-order valence-electron chi connectivity index (χ2n) is 5.83. The van der Waals surface area contributed by atoms with Crippen LogP contribution in [0.1, 0.15) is 37.4 Å². The molecule has 0 bridgehead atoms. The molecule has 2 rings (SSSR count). The molecule has 27 heavy (non-hydrogen) atoms. The summed E-state index contributed by atoms with van der Waals surface area (Å²) in [6.45, 7) is 9.24. The van der Waals surface area contributed by atoms with Crippen LogP contribution in [0.25, 0.3) is 0 Å². The molecule has 1 aromatic rings. The number of amidine groups is 1. The molecule has 0 fully saturated rings. The molecule has 0 saturated carbocycles. The van der Waals surface area contributed by atoms with Crippen molar-refractivity contribution in [2.45, 2.75) is 33.2 Å². The predicted molar refractivity (Wildman–Crippen MR) is 105 cm³/mol. The van der Waals surface area contributed by atoms with Gasteiger partial charge in [0.05, 0.1) is 12.7 Å². The molecule has 0 aliphatic carbocycles. The van der Waals surface area contributed by atoms with E-state index in [2.05, 4.69) is 16.9 Å². The maximum atomic E-state index is 14.2. The lowest BCUT2D eigenvalue weighted by Gasteiger charge is -2.28. The molecule has 1 aliphatic heterocycles. The van der Waals surface area contributed by atoms with Gasteiger partial charge in [0.2, 0.25) is 0 Å². The Morgan fingerprint density at radius 2 is 2.15 bits per heavy atom. The van der Waals surface area contributed by atoms with Crippen molar-refractivity contribution in [3.8, 4) is 0 Å². The average Bonchev–Trinajstić information content (AvgIpc) is 2.68. The Labute approximate surface area is 162 Å². The second-order valence-corrected chi connectivity index (χ2v) is 6.83. The lowest BCUT2D eigenvalue weighted by Crippen LogP contribution is -2.33. The fourth-order valence-electron chi connectivity index (χ4n) is 2.76. The number of hydrogen-bond acceptors (Lipinski definition) is 5. The van der Waals surface area contributed by atoms with Gasteiger partial charge < -0.3 is 10.1 Å². The summed E-state index contributed by atoms with van der Waals surface area (Å²) in [5.74, 6) is -1.98. The largest absolute Gasteiger partial charge is 0.466 e.